The highest BCUT2D eigenvalue weighted by atomic mass is 19.1. The highest BCUT2D eigenvalue weighted by Gasteiger charge is 2.27. The van der Waals surface area contributed by atoms with Crippen LogP contribution in [-0.4, -0.2) is 46.3 Å². The van der Waals surface area contributed by atoms with E-state index in [1.807, 2.05) is 0 Å². The quantitative estimate of drug-likeness (QED) is 0.505. The molecule has 1 aromatic rings. The third kappa shape index (κ3) is 3.64. The number of rotatable bonds is 5. The summed E-state index contributed by atoms with van der Waals surface area (Å²) in [6.07, 6.45) is 1.25. The molecule has 0 aromatic heterocycles. The molecule has 1 unspecified atom stereocenters. The van der Waals surface area contributed by atoms with E-state index in [0.29, 0.717) is 19.4 Å². The largest absolute Gasteiger partial charge is 0.481 e. The van der Waals surface area contributed by atoms with Crippen molar-refractivity contribution in [3.05, 3.63) is 39.7 Å². The molecule has 0 spiro atoms. The Morgan fingerprint density at radius 1 is 1.45 bits per heavy atom. The first-order chi connectivity index (χ1) is 10.4. The fraction of sp³-hybridized carbons (Fsp3) is 0.429. The van der Waals surface area contributed by atoms with Crippen molar-refractivity contribution in [2.24, 2.45) is 5.92 Å². The van der Waals surface area contributed by atoms with Crippen LogP contribution in [0.2, 0.25) is 0 Å². The van der Waals surface area contributed by atoms with Crippen molar-refractivity contribution in [1.29, 1.82) is 0 Å². The van der Waals surface area contributed by atoms with Crippen LogP contribution in [0, 0.1) is 21.8 Å². The standard InChI is InChI=1S/C14H15FN2O5/c15-11-4-3-9(6-12(11)17(21)22)13(18)8-16-5-1-2-10(7-16)14(19)20/h3-4,6,10H,1-2,5,7-8H2,(H,19,20). The summed E-state index contributed by atoms with van der Waals surface area (Å²) < 4.78 is 13.3. The molecule has 22 heavy (non-hydrogen) atoms. The van der Waals surface area contributed by atoms with E-state index in [1.54, 1.807) is 4.90 Å². The van der Waals surface area contributed by atoms with Gasteiger partial charge in [0, 0.05) is 18.2 Å². The van der Waals surface area contributed by atoms with Gasteiger partial charge in [-0.1, -0.05) is 0 Å². The number of nitro groups is 1. The van der Waals surface area contributed by atoms with Crippen LogP contribution in [0.1, 0.15) is 23.2 Å². The van der Waals surface area contributed by atoms with Crippen LogP contribution < -0.4 is 0 Å². The zero-order valence-electron chi connectivity index (χ0n) is 11.7. The van der Waals surface area contributed by atoms with Crippen LogP contribution in [-0.2, 0) is 4.79 Å². The second kappa shape index (κ2) is 6.61. The summed E-state index contributed by atoms with van der Waals surface area (Å²) in [5.74, 6) is -2.79. The molecular weight excluding hydrogens is 295 g/mol. The van der Waals surface area contributed by atoms with Gasteiger partial charge in [-0.05, 0) is 31.5 Å². The van der Waals surface area contributed by atoms with Crippen molar-refractivity contribution in [1.82, 2.24) is 4.90 Å². The Bertz CT molecular complexity index is 619. The number of aliphatic carboxylic acids is 1. The van der Waals surface area contributed by atoms with Crippen LogP contribution in [0.3, 0.4) is 0 Å². The highest BCUT2D eigenvalue weighted by Crippen LogP contribution is 2.20. The van der Waals surface area contributed by atoms with Crippen molar-refractivity contribution in [2.45, 2.75) is 12.8 Å². The minimum absolute atomic E-state index is 0.0352. The zero-order chi connectivity index (χ0) is 16.3. The molecule has 1 saturated heterocycles. The number of piperidine rings is 1. The summed E-state index contributed by atoms with van der Waals surface area (Å²) in [6, 6.07) is 3.00. The number of hydrogen-bond donors (Lipinski definition) is 1. The first kappa shape index (κ1) is 16.0. The summed E-state index contributed by atoms with van der Waals surface area (Å²) in [5, 5.41) is 19.7. The van der Waals surface area contributed by atoms with Gasteiger partial charge in [0.15, 0.2) is 5.78 Å². The molecule has 8 heteroatoms. The van der Waals surface area contributed by atoms with E-state index in [4.69, 9.17) is 5.11 Å². The topological polar surface area (TPSA) is 101 Å². The van der Waals surface area contributed by atoms with E-state index < -0.39 is 34.1 Å². The summed E-state index contributed by atoms with van der Waals surface area (Å²) in [4.78, 5) is 34.6. The lowest BCUT2D eigenvalue weighted by atomic mass is 9.97. The monoisotopic (exact) mass is 310 g/mol. The minimum Gasteiger partial charge on any atom is -0.481 e. The van der Waals surface area contributed by atoms with Gasteiger partial charge in [0.1, 0.15) is 0 Å². The molecule has 1 atom stereocenters. The van der Waals surface area contributed by atoms with Gasteiger partial charge in [0.05, 0.1) is 17.4 Å². The minimum atomic E-state index is -0.995. The summed E-state index contributed by atoms with van der Waals surface area (Å²) in [7, 11) is 0. The number of hydrogen-bond acceptors (Lipinski definition) is 5. The van der Waals surface area contributed by atoms with Crippen LogP contribution >= 0.6 is 0 Å². The zero-order valence-corrected chi connectivity index (χ0v) is 11.7. The van der Waals surface area contributed by atoms with Crippen molar-refractivity contribution in [3.8, 4) is 0 Å². The van der Waals surface area contributed by atoms with Gasteiger partial charge in [-0.2, -0.15) is 4.39 Å². The lowest BCUT2D eigenvalue weighted by Crippen LogP contribution is -2.41. The van der Waals surface area contributed by atoms with Crippen molar-refractivity contribution in [2.75, 3.05) is 19.6 Å². The first-order valence-electron chi connectivity index (χ1n) is 6.81. The van der Waals surface area contributed by atoms with E-state index >= 15 is 0 Å². The molecule has 0 radical (unpaired) electrons. The van der Waals surface area contributed by atoms with E-state index in [1.165, 1.54) is 6.07 Å². The van der Waals surface area contributed by atoms with Crippen molar-refractivity contribution >= 4 is 17.4 Å². The Labute approximate surface area is 125 Å². The van der Waals surface area contributed by atoms with Crippen molar-refractivity contribution in [3.63, 3.8) is 0 Å². The van der Waals surface area contributed by atoms with E-state index in [9.17, 15) is 24.1 Å². The number of halogens is 1. The summed E-state index contributed by atoms with van der Waals surface area (Å²) in [6.45, 7) is 0.829. The van der Waals surface area contributed by atoms with Crippen LogP contribution in [0.15, 0.2) is 18.2 Å². The number of benzene rings is 1. The van der Waals surface area contributed by atoms with Crippen LogP contribution in [0.4, 0.5) is 10.1 Å². The lowest BCUT2D eigenvalue weighted by Gasteiger charge is -2.29. The number of carboxylic acid groups (broad SMARTS) is 1. The van der Waals surface area contributed by atoms with Gasteiger partial charge in [-0.15, -0.1) is 0 Å². The maximum atomic E-state index is 13.3. The second-order valence-corrected chi connectivity index (χ2v) is 5.26. The Balaban J connectivity index is 2.07. The Hall–Kier alpha value is -2.35. The van der Waals surface area contributed by atoms with Gasteiger partial charge in [-0.3, -0.25) is 24.6 Å². The fourth-order valence-corrected chi connectivity index (χ4v) is 2.52. The van der Waals surface area contributed by atoms with Gasteiger partial charge < -0.3 is 5.11 Å². The van der Waals surface area contributed by atoms with E-state index in [2.05, 4.69) is 0 Å². The number of carboxylic acids is 1. The Morgan fingerprint density at radius 2 is 2.18 bits per heavy atom. The predicted octanol–water partition coefficient (Wildman–Crippen LogP) is 1.71. The highest BCUT2D eigenvalue weighted by molar-refractivity contribution is 5.98. The average molecular weight is 310 g/mol. The normalized spacial score (nSPS) is 18.9. The number of nitro benzene ring substituents is 1. The molecule has 118 valence electrons. The third-order valence-corrected chi connectivity index (χ3v) is 3.69. The van der Waals surface area contributed by atoms with E-state index in [-0.39, 0.29) is 18.7 Å². The second-order valence-electron chi connectivity index (χ2n) is 5.26. The van der Waals surface area contributed by atoms with Crippen LogP contribution in [0.5, 0.6) is 0 Å². The third-order valence-electron chi connectivity index (χ3n) is 3.69. The molecule has 1 fully saturated rings. The van der Waals surface area contributed by atoms with Crippen molar-refractivity contribution < 1.29 is 24.0 Å². The molecule has 1 aliphatic heterocycles. The fourth-order valence-electron chi connectivity index (χ4n) is 2.52. The molecule has 1 aromatic carbocycles. The number of carbonyl (C=O) groups is 2. The van der Waals surface area contributed by atoms with Gasteiger partial charge in [0.2, 0.25) is 5.82 Å². The Morgan fingerprint density at radius 3 is 2.82 bits per heavy atom. The molecule has 1 N–H and O–H groups in total. The Kier molecular flexibility index (Phi) is 4.81. The van der Waals surface area contributed by atoms with E-state index in [0.717, 1.165) is 12.1 Å². The smallest absolute Gasteiger partial charge is 0.307 e. The average Bonchev–Trinajstić information content (AvgIpc) is 2.47. The summed E-state index contributed by atoms with van der Waals surface area (Å²) in [5.41, 5.74) is -0.696. The lowest BCUT2D eigenvalue weighted by molar-refractivity contribution is -0.387. The number of nitrogens with zero attached hydrogens (tertiary/aromatic N) is 2. The SMILES string of the molecule is O=C(CN1CCCC(C(=O)O)C1)c1ccc(F)c([N+](=O)[O-])c1. The number of ketones is 1. The molecule has 0 saturated carbocycles. The molecular formula is C14H15FN2O5. The number of likely N-dealkylation sites (tertiary alicyclic amines) is 1. The molecule has 1 heterocycles. The summed E-state index contributed by atoms with van der Waals surface area (Å²) >= 11 is 0. The van der Waals surface area contributed by atoms with Crippen LogP contribution in [0.25, 0.3) is 0 Å². The molecule has 0 bridgehead atoms. The molecule has 0 aliphatic carbocycles. The van der Waals surface area contributed by atoms with Gasteiger partial charge in [-0.25, -0.2) is 0 Å². The molecule has 7 nitrogen and oxygen atoms in total. The first-order valence-corrected chi connectivity index (χ1v) is 6.81. The predicted molar refractivity (Wildman–Crippen MR) is 74.2 cm³/mol. The molecule has 0 amide bonds. The molecule has 1 aliphatic rings. The van der Waals surface area contributed by atoms with Gasteiger partial charge >= 0.3 is 11.7 Å². The number of Topliss-reactive ketones (excluding diaryl/α,β-unsaturated/α-hetero) is 1. The maximum absolute atomic E-state index is 13.3. The number of carbonyl (C=O) groups excluding carboxylic acids is 1. The maximum Gasteiger partial charge on any atom is 0.307 e. The van der Waals surface area contributed by atoms with Gasteiger partial charge in [0.25, 0.3) is 0 Å². The molecule has 2 rings (SSSR count).